The minimum Gasteiger partial charge on any atom is -0.324 e. The van der Waals surface area contributed by atoms with Gasteiger partial charge in [-0.25, -0.2) is 0 Å². The Hall–Kier alpha value is 0.01000. The lowest BCUT2D eigenvalue weighted by atomic mass is 9.93. The normalized spacial score (nSPS) is 15.1. The Morgan fingerprint density at radius 1 is 1.47 bits per heavy atom. The molecular weight excluding hydrogens is 222 g/mol. The molecule has 1 unspecified atom stereocenters. The highest BCUT2D eigenvalue weighted by atomic mass is 32.2. The Kier molecular flexibility index (Phi) is 5.72. The summed E-state index contributed by atoms with van der Waals surface area (Å²) in [6.07, 6.45) is 4.71. The highest BCUT2D eigenvalue weighted by molar-refractivity contribution is 7.99. The summed E-state index contributed by atoms with van der Waals surface area (Å²) in [6, 6.07) is 2.17. The van der Waals surface area contributed by atoms with Gasteiger partial charge in [0.2, 0.25) is 0 Å². The maximum absolute atomic E-state index is 6.38. The average Bonchev–Trinajstić information content (AvgIpc) is 2.76. The van der Waals surface area contributed by atoms with Crippen molar-refractivity contribution in [3.63, 3.8) is 0 Å². The van der Waals surface area contributed by atoms with E-state index in [1.165, 1.54) is 17.7 Å². The van der Waals surface area contributed by atoms with Crippen LogP contribution in [-0.4, -0.2) is 11.3 Å². The molecule has 2 N–H and O–H groups in total. The van der Waals surface area contributed by atoms with E-state index in [0.29, 0.717) is 0 Å². The number of nitrogens with two attached hydrogens (primary N) is 1. The fourth-order valence-electron chi connectivity index (χ4n) is 1.44. The number of hydrogen-bond donors (Lipinski definition) is 1. The van der Waals surface area contributed by atoms with E-state index < -0.39 is 0 Å². The van der Waals surface area contributed by atoms with Gasteiger partial charge in [-0.1, -0.05) is 26.7 Å². The summed E-state index contributed by atoms with van der Waals surface area (Å²) in [6.45, 7) is 4.42. The molecule has 0 aliphatic rings. The molecule has 1 heterocycles. The van der Waals surface area contributed by atoms with Crippen LogP contribution in [0.2, 0.25) is 0 Å². The number of thiophene rings is 1. The second-order valence-electron chi connectivity index (χ2n) is 4.07. The highest BCUT2D eigenvalue weighted by Crippen LogP contribution is 2.27. The maximum Gasteiger partial charge on any atom is 0.0246 e. The second-order valence-corrected chi connectivity index (χ2v) is 5.90. The van der Waals surface area contributed by atoms with Crippen molar-refractivity contribution in [2.75, 3.05) is 5.75 Å². The van der Waals surface area contributed by atoms with Crippen molar-refractivity contribution in [1.82, 2.24) is 0 Å². The van der Waals surface area contributed by atoms with Crippen LogP contribution in [0.5, 0.6) is 0 Å². The fraction of sp³-hybridized carbons (Fsp3) is 0.667. The van der Waals surface area contributed by atoms with Crippen molar-refractivity contribution in [3.05, 3.63) is 16.8 Å². The van der Waals surface area contributed by atoms with Crippen molar-refractivity contribution in [2.24, 2.45) is 5.73 Å². The minimum atomic E-state index is 0.0304. The Bertz CT molecular complexity index is 259. The molecule has 0 saturated heterocycles. The van der Waals surface area contributed by atoms with Crippen LogP contribution in [0.15, 0.2) is 21.7 Å². The van der Waals surface area contributed by atoms with E-state index in [9.17, 15) is 0 Å². The number of thioether (sulfide) groups is 1. The van der Waals surface area contributed by atoms with Crippen LogP contribution < -0.4 is 5.73 Å². The summed E-state index contributed by atoms with van der Waals surface area (Å²) in [5.74, 6) is 1.04. The molecule has 0 bridgehead atoms. The van der Waals surface area contributed by atoms with Crippen molar-refractivity contribution in [1.29, 1.82) is 0 Å². The number of hydrogen-bond acceptors (Lipinski definition) is 3. The van der Waals surface area contributed by atoms with E-state index in [1.807, 2.05) is 11.8 Å². The van der Waals surface area contributed by atoms with Crippen LogP contribution in [0.1, 0.15) is 39.5 Å². The van der Waals surface area contributed by atoms with Crippen molar-refractivity contribution >= 4 is 23.1 Å². The lowest BCUT2D eigenvalue weighted by Gasteiger charge is -2.27. The first kappa shape index (κ1) is 13.1. The third kappa shape index (κ3) is 4.58. The molecule has 0 aliphatic carbocycles. The molecule has 1 rings (SSSR count). The van der Waals surface area contributed by atoms with Gasteiger partial charge in [-0.2, -0.15) is 11.3 Å². The van der Waals surface area contributed by atoms with Crippen molar-refractivity contribution < 1.29 is 0 Å². The molecule has 0 amide bonds. The Morgan fingerprint density at radius 3 is 2.80 bits per heavy atom. The fourth-order valence-corrected chi connectivity index (χ4v) is 3.45. The third-order valence-electron chi connectivity index (χ3n) is 2.75. The van der Waals surface area contributed by atoms with Crippen LogP contribution in [0.3, 0.4) is 0 Å². The quantitative estimate of drug-likeness (QED) is 0.728. The van der Waals surface area contributed by atoms with Crippen LogP contribution in [0.25, 0.3) is 0 Å². The topological polar surface area (TPSA) is 26.0 Å². The molecule has 86 valence electrons. The van der Waals surface area contributed by atoms with E-state index in [2.05, 4.69) is 30.7 Å². The second kappa shape index (κ2) is 6.56. The SMILES string of the molecule is CCCCC(N)(CC)CSc1ccsc1. The third-order valence-corrected chi connectivity index (χ3v) is 4.89. The molecule has 0 saturated carbocycles. The standard InChI is InChI=1S/C12H21NS2/c1-3-5-7-12(13,4-2)10-15-11-6-8-14-9-11/h6,8-9H,3-5,7,10,13H2,1-2H3. The minimum absolute atomic E-state index is 0.0304. The van der Waals surface area contributed by atoms with Gasteiger partial charge in [0.25, 0.3) is 0 Å². The van der Waals surface area contributed by atoms with Gasteiger partial charge in [0.05, 0.1) is 0 Å². The van der Waals surface area contributed by atoms with Crippen molar-refractivity contribution in [2.45, 2.75) is 50.0 Å². The summed E-state index contributed by atoms with van der Waals surface area (Å²) < 4.78 is 0. The summed E-state index contributed by atoms with van der Waals surface area (Å²) in [5, 5.41) is 4.32. The Morgan fingerprint density at radius 2 is 2.27 bits per heavy atom. The average molecular weight is 243 g/mol. The molecule has 0 aromatic carbocycles. The predicted molar refractivity (Wildman–Crippen MR) is 71.8 cm³/mol. The van der Waals surface area contributed by atoms with Gasteiger partial charge in [-0.15, -0.1) is 11.8 Å². The van der Waals surface area contributed by atoms with E-state index in [4.69, 9.17) is 5.73 Å². The predicted octanol–water partition coefficient (Wildman–Crippen LogP) is 4.14. The smallest absolute Gasteiger partial charge is 0.0246 e. The molecule has 0 spiro atoms. The molecule has 1 aromatic rings. The van der Waals surface area contributed by atoms with Crippen LogP contribution >= 0.6 is 23.1 Å². The van der Waals surface area contributed by atoms with E-state index in [0.717, 1.165) is 18.6 Å². The summed E-state index contributed by atoms with van der Waals surface area (Å²) in [4.78, 5) is 1.36. The van der Waals surface area contributed by atoms with Gasteiger partial charge < -0.3 is 5.73 Å². The van der Waals surface area contributed by atoms with Gasteiger partial charge in [-0.05, 0) is 24.3 Å². The van der Waals surface area contributed by atoms with E-state index >= 15 is 0 Å². The zero-order chi connectivity index (χ0) is 11.1. The number of unbranched alkanes of at least 4 members (excludes halogenated alkanes) is 1. The molecule has 1 nitrogen and oxygen atoms in total. The monoisotopic (exact) mass is 243 g/mol. The van der Waals surface area contributed by atoms with Gasteiger partial charge in [0.1, 0.15) is 0 Å². The Balaban J connectivity index is 2.38. The van der Waals surface area contributed by atoms with Crippen LogP contribution in [0, 0.1) is 0 Å². The van der Waals surface area contributed by atoms with E-state index in [1.54, 1.807) is 11.3 Å². The van der Waals surface area contributed by atoms with Gasteiger partial charge in [0.15, 0.2) is 0 Å². The molecule has 0 radical (unpaired) electrons. The lowest BCUT2D eigenvalue weighted by molar-refractivity contribution is 0.411. The first-order chi connectivity index (χ1) is 7.20. The van der Waals surface area contributed by atoms with E-state index in [-0.39, 0.29) is 5.54 Å². The summed E-state index contributed by atoms with van der Waals surface area (Å²) in [7, 11) is 0. The molecule has 0 aliphatic heterocycles. The Labute approximate surface area is 101 Å². The van der Waals surface area contributed by atoms with Crippen LogP contribution in [0.4, 0.5) is 0 Å². The molecule has 0 fully saturated rings. The zero-order valence-electron chi connectivity index (χ0n) is 9.66. The first-order valence-electron chi connectivity index (χ1n) is 5.64. The highest BCUT2D eigenvalue weighted by Gasteiger charge is 2.21. The first-order valence-corrected chi connectivity index (χ1v) is 7.57. The zero-order valence-corrected chi connectivity index (χ0v) is 11.3. The molecule has 15 heavy (non-hydrogen) atoms. The van der Waals surface area contributed by atoms with Crippen LogP contribution in [-0.2, 0) is 0 Å². The maximum atomic E-state index is 6.38. The molecule has 1 aromatic heterocycles. The summed E-state index contributed by atoms with van der Waals surface area (Å²) in [5.41, 5.74) is 6.41. The summed E-state index contributed by atoms with van der Waals surface area (Å²) >= 11 is 3.65. The largest absolute Gasteiger partial charge is 0.324 e. The molecule has 3 heteroatoms. The van der Waals surface area contributed by atoms with Gasteiger partial charge >= 0.3 is 0 Å². The molecule has 1 atom stereocenters. The number of rotatable bonds is 7. The lowest BCUT2D eigenvalue weighted by Crippen LogP contribution is -2.41. The van der Waals surface area contributed by atoms with Gasteiger partial charge in [-0.3, -0.25) is 0 Å². The molecular formula is C12H21NS2. The van der Waals surface area contributed by atoms with Crippen molar-refractivity contribution in [3.8, 4) is 0 Å². The van der Waals surface area contributed by atoms with Gasteiger partial charge in [0, 0.05) is 21.6 Å².